The number of allylic oxidation sites excluding steroid dienone is 1. The second-order valence-corrected chi connectivity index (χ2v) is 8.10. The molecule has 0 bridgehead atoms. The molecule has 29 heavy (non-hydrogen) atoms. The van der Waals surface area contributed by atoms with Crippen molar-refractivity contribution in [3.63, 3.8) is 0 Å². The van der Waals surface area contributed by atoms with Gasteiger partial charge in [-0.15, -0.1) is 0 Å². The highest BCUT2D eigenvalue weighted by molar-refractivity contribution is 8.16. The number of ether oxygens (including phenoxy) is 1. The van der Waals surface area contributed by atoms with Crippen molar-refractivity contribution in [2.24, 2.45) is 4.99 Å². The SMILES string of the molecule is CC1=CSC2=NC(=O)C(=Cc3ccc(OCc4ccc(Cl)cc4)c(Cl)c3)C(=N)N12. The maximum absolute atomic E-state index is 12.4. The number of aliphatic imine (C=N–C) groups is 1. The van der Waals surface area contributed by atoms with Crippen molar-refractivity contribution < 1.29 is 9.53 Å². The quantitative estimate of drug-likeness (QED) is 0.611. The van der Waals surface area contributed by atoms with E-state index in [2.05, 4.69) is 4.99 Å². The lowest BCUT2D eigenvalue weighted by Crippen LogP contribution is -2.37. The van der Waals surface area contributed by atoms with Crippen LogP contribution in [0.25, 0.3) is 6.08 Å². The van der Waals surface area contributed by atoms with Crippen LogP contribution in [0.4, 0.5) is 0 Å². The molecule has 1 N–H and O–H groups in total. The number of hydrogen-bond donors (Lipinski definition) is 1. The lowest BCUT2D eigenvalue weighted by molar-refractivity contribution is -0.114. The normalized spacial score (nSPS) is 17.3. The number of benzene rings is 2. The summed E-state index contributed by atoms with van der Waals surface area (Å²) in [5, 5.41) is 11.9. The summed E-state index contributed by atoms with van der Waals surface area (Å²) in [5.74, 6) is 0.206. The van der Waals surface area contributed by atoms with Crippen molar-refractivity contribution in [1.29, 1.82) is 5.41 Å². The van der Waals surface area contributed by atoms with Crippen LogP contribution in [0, 0.1) is 5.41 Å². The fourth-order valence-electron chi connectivity index (χ4n) is 2.87. The third kappa shape index (κ3) is 4.10. The zero-order valence-corrected chi connectivity index (χ0v) is 17.6. The molecule has 0 saturated carbocycles. The van der Waals surface area contributed by atoms with Gasteiger partial charge in [0.15, 0.2) is 5.17 Å². The average molecular weight is 444 g/mol. The zero-order valence-electron chi connectivity index (χ0n) is 15.3. The van der Waals surface area contributed by atoms with E-state index in [-0.39, 0.29) is 11.4 Å². The molecule has 1 amide bonds. The summed E-state index contributed by atoms with van der Waals surface area (Å²) >= 11 is 13.6. The number of nitrogens with one attached hydrogen (secondary N) is 1. The Hall–Kier alpha value is -2.54. The second kappa shape index (κ2) is 8.06. The highest BCUT2D eigenvalue weighted by atomic mass is 35.5. The van der Waals surface area contributed by atoms with E-state index in [1.165, 1.54) is 11.8 Å². The predicted octanol–water partition coefficient (Wildman–Crippen LogP) is 5.74. The summed E-state index contributed by atoms with van der Waals surface area (Å²) in [6, 6.07) is 12.6. The molecule has 0 unspecified atom stereocenters. The summed E-state index contributed by atoms with van der Waals surface area (Å²) in [7, 11) is 0. The molecule has 0 fully saturated rings. The minimum absolute atomic E-state index is 0.109. The smallest absolute Gasteiger partial charge is 0.283 e. The number of carbonyl (C=O) groups excluding carboxylic acids is 1. The van der Waals surface area contributed by atoms with E-state index in [1.807, 2.05) is 24.5 Å². The van der Waals surface area contributed by atoms with E-state index in [4.69, 9.17) is 33.3 Å². The maximum Gasteiger partial charge on any atom is 0.283 e. The van der Waals surface area contributed by atoms with Gasteiger partial charge in [0.1, 0.15) is 18.2 Å². The molecule has 0 atom stereocenters. The monoisotopic (exact) mass is 443 g/mol. The number of fused-ring (bicyclic) bond motifs is 1. The number of thioether (sulfide) groups is 1. The van der Waals surface area contributed by atoms with Crippen LogP contribution in [-0.4, -0.2) is 21.8 Å². The van der Waals surface area contributed by atoms with E-state index in [0.29, 0.717) is 33.1 Å². The Balaban J connectivity index is 1.53. The van der Waals surface area contributed by atoms with Gasteiger partial charge in [0, 0.05) is 10.7 Å². The van der Waals surface area contributed by atoms with Crippen molar-refractivity contribution in [2.75, 3.05) is 0 Å². The number of carbonyl (C=O) groups is 1. The molecule has 2 aromatic rings. The van der Waals surface area contributed by atoms with E-state index in [0.717, 1.165) is 11.3 Å². The van der Waals surface area contributed by atoms with Gasteiger partial charge in [0.05, 0.1) is 10.6 Å². The molecule has 5 nitrogen and oxygen atoms in total. The van der Waals surface area contributed by atoms with Crippen molar-refractivity contribution >= 4 is 58.0 Å². The molecular formula is C21H15Cl2N3O2S. The Morgan fingerprint density at radius 2 is 1.97 bits per heavy atom. The van der Waals surface area contributed by atoms with Gasteiger partial charge < -0.3 is 4.74 Å². The number of hydrogen-bond acceptors (Lipinski definition) is 4. The Morgan fingerprint density at radius 1 is 1.21 bits per heavy atom. The lowest BCUT2D eigenvalue weighted by Gasteiger charge is -2.25. The van der Waals surface area contributed by atoms with Crippen LogP contribution in [0.5, 0.6) is 5.75 Å². The Morgan fingerprint density at radius 3 is 2.69 bits per heavy atom. The van der Waals surface area contributed by atoms with Crippen LogP contribution >= 0.6 is 35.0 Å². The molecule has 0 aromatic heterocycles. The summed E-state index contributed by atoms with van der Waals surface area (Å²) in [4.78, 5) is 18.1. The first kappa shape index (κ1) is 19.8. The zero-order chi connectivity index (χ0) is 20.5. The van der Waals surface area contributed by atoms with E-state index in [1.54, 1.807) is 41.3 Å². The molecule has 2 aliphatic rings. The summed E-state index contributed by atoms with van der Waals surface area (Å²) in [6.45, 7) is 2.23. The van der Waals surface area contributed by atoms with Crippen molar-refractivity contribution in [2.45, 2.75) is 13.5 Å². The highest BCUT2D eigenvalue weighted by Gasteiger charge is 2.33. The van der Waals surface area contributed by atoms with Crippen LogP contribution in [0.3, 0.4) is 0 Å². The molecule has 4 rings (SSSR count). The third-order valence-corrected chi connectivity index (χ3v) is 5.85. The molecule has 2 heterocycles. The van der Waals surface area contributed by atoms with E-state index >= 15 is 0 Å². The fourth-order valence-corrected chi connectivity index (χ4v) is 4.10. The van der Waals surface area contributed by atoms with Gasteiger partial charge in [0.25, 0.3) is 5.91 Å². The Bertz CT molecular complexity index is 1110. The minimum Gasteiger partial charge on any atom is -0.487 e. The molecule has 8 heteroatoms. The van der Waals surface area contributed by atoms with Crippen molar-refractivity contribution in [1.82, 2.24) is 4.90 Å². The first-order chi connectivity index (χ1) is 13.9. The third-order valence-electron chi connectivity index (χ3n) is 4.36. The number of amides is 1. The van der Waals surface area contributed by atoms with Crippen LogP contribution in [0.1, 0.15) is 18.1 Å². The molecule has 0 saturated heterocycles. The number of halogens is 2. The van der Waals surface area contributed by atoms with E-state index in [9.17, 15) is 4.79 Å². The average Bonchev–Trinajstić information content (AvgIpc) is 3.06. The Labute approximate surface area is 182 Å². The molecule has 2 aliphatic heterocycles. The summed E-state index contributed by atoms with van der Waals surface area (Å²) in [5.41, 5.74) is 2.74. The molecular weight excluding hydrogens is 429 g/mol. The van der Waals surface area contributed by atoms with Gasteiger partial charge in [-0.05, 0) is 53.8 Å². The van der Waals surface area contributed by atoms with Crippen molar-refractivity contribution in [3.8, 4) is 5.75 Å². The first-order valence-electron chi connectivity index (χ1n) is 8.66. The molecule has 0 spiro atoms. The van der Waals surface area contributed by atoms with Gasteiger partial charge in [-0.1, -0.05) is 53.2 Å². The second-order valence-electron chi connectivity index (χ2n) is 6.42. The number of nitrogens with zero attached hydrogens (tertiary/aromatic N) is 2. The van der Waals surface area contributed by atoms with Gasteiger partial charge in [-0.25, -0.2) is 0 Å². The molecule has 2 aromatic carbocycles. The van der Waals surface area contributed by atoms with Crippen molar-refractivity contribution in [3.05, 3.63) is 80.3 Å². The van der Waals surface area contributed by atoms with Gasteiger partial charge in [0.2, 0.25) is 0 Å². The Kier molecular flexibility index (Phi) is 5.50. The molecule has 0 radical (unpaired) electrons. The lowest BCUT2D eigenvalue weighted by atomic mass is 10.1. The fraction of sp³-hybridized carbons (Fsp3) is 0.0952. The largest absolute Gasteiger partial charge is 0.487 e. The number of amidine groups is 2. The van der Waals surface area contributed by atoms with Gasteiger partial charge in [-0.2, -0.15) is 4.99 Å². The van der Waals surface area contributed by atoms with Crippen LogP contribution in [0.2, 0.25) is 10.0 Å². The highest BCUT2D eigenvalue weighted by Crippen LogP contribution is 2.33. The molecule has 146 valence electrons. The number of rotatable bonds is 4. The summed E-state index contributed by atoms with van der Waals surface area (Å²) in [6.07, 6.45) is 1.62. The van der Waals surface area contributed by atoms with E-state index < -0.39 is 5.91 Å². The standard InChI is InChI=1S/C21H15Cl2N3O2S/c1-12-11-29-21-25-20(27)16(19(24)26(12)21)8-14-4-7-18(17(23)9-14)28-10-13-2-5-15(22)6-3-13/h2-9,11,24H,10H2,1H3. The minimum atomic E-state index is -0.434. The van der Waals surface area contributed by atoms with Crippen LogP contribution in [0.15, 0.2) is 64.1 Å². The van der Waals surface area contributed by atoms with Crippen LogP contribution in [-0.2, 0) is 11.4 Å². The van der Waals surface area contributed by atoms with Gasteiger partial charge >= 0.3 is 0 Å². The predicted molar refractivity (Wildman–Crippen MR) is 119 cm³/mol. The maximum atomic E-state index is 12.4. The summed E-state index contributed by atoms with van der Waals surface area (Å²) < 4.78 is 5.78. The van der Waals surface area contributed by atoms with Crippen LogP contribution < -0.4 is 4.74 Å². The first-order valence-corrected chi connectivity index (χ1v) is 10.3. The van der Waals surface area contributed by atoms with Gasteiger partial charge in [-0.3, -0.25) is 15.1 Å². The molecule has 0 aliphatic carbocycles. The topological polar surface area (TPSA) is 65.8 Å².